The van der Waals surface area contributed by atoms with Gasteiger partial charge in [-0.05, 0) is 49.6 Å². The third-order valence-corrected chi connectivity index (χ3v) is 3.42. The number of furan rings is 1. The van der Waals surface area contributed by atoms with Crippen LogP contribution in [0.4, 0.5) is 0 Å². The normalized spacial score (nSPS) is 11.0. The molecule has 6 heteroatoms. The molecule has 0 radical (unpaired) electrons. The lowest BCUT2D eigenvalue weighted by atomic mass is 10.1. The lowest BCUT2D eigenvalue weighted by Gasteiger charge is -2.11. The SMILES string of the molecule is CCNC(=NCc1ccco1)NCCCc1ccc(Cl)cc1.I. The van der Waals surface area contributed by atoms with Crippen molar-refractivity contribution in [1.29, 1.82) is 0 Å². The fourth-order valence-corrected chi connectivity index (χ4v) is 2.18. The van der Waals surface area contributed by atoms with E-state index in [0.29, 0.717) is 6.54 Å². The molecule has 0 bridgehead atoms. The highest BCUT2D eigenvalue weighted by atomic mass is 127. The van der Waals surface area contributed by atoms with E-state index in [1.807, 2.05) is 24.3 Å². The molecule has 0 aliphatic rings. The molecule has 1 aromatic carbocycles. The lowest BCUT2D eigenvalue weighted by Crippen LogP contribution is -2.37. The Morgan fingerprint density at radius 2 is 1.96 bits per heavy atom. The van der Waals surface area contributed by atoms with Gasteiger partial charge in [0.05, 0.1) is 6.26 Å². The summed E-state index contributed by atoms with van der Waals surface area (Å²) in [6.07, 6.45) is 3.71. The molecule has 2 aromatic rings. The number of hydrogen-bond donors (Lipinski definition) is 2. The Hall–Kier alpha value is -1.21. The second kappa shape index (κ2) is 11.3. The molecule has 0 aliphatic carbocycles. The van der Waals surface area contributed by atoms with Gasteiger partial charge in [0.1, 0.15) is 12.3 Å². The van der Waals surface area contributed by atoms with Crippen LogP contribution in [0.2, 0.25) is 5.02 Å². The van der Waals surface area contributed by atoms with Gasteiger partial charge in [-0.3, -0.25) is 0 Å². The van der Waals surface area contributed by atoms with Gasteiger partial charge in [-0.1, -0.05) is 23.7 Å². The number of rotatable bonds is 7. The van der Waals surface area contributed by atoms with Crippen LogP contribution in [0.25, 0.3) is 0 Å². The summed E-state index contributed by atoms with van der Waals surface area (Å²) in [5.74, 6) is 1.67. The molecule has 2 rings (SSSR count). The van der Waals surface area contributed by atoms with Crippen molar-refractivity contribution in [3.05, 3.63) is 59.0 Å². The summed E-state index contributed by atoms with van der Waals surface area (Å²) < 4.78 is 5.28. The first-order valence-corrected chi connectivity index (χ1v) is 7.94. The molecule has 0 spiro atoms. The molecule has 0 amide bonds. The summed E-state index contributed by atoms with van der Waals surface area (Å²) in [4.78, 5) is 4.50. The molecule has 0 saturated carbocycles. The minimum absolute atomic E-state index is 0. The first-order valence-electron chi connectivity index (χ1n) is 7.57. The third kappa shape index (κ3) is 7.74. The largest absolute Gasteiger partial charge is 0.467 e. The van der Waals surface area contributed by atoms with Crippen LogP contribution in [-0.4, -0.2) is 19.0 Å². The van der Waals surface area contributed by atoms with Crippen LogP contribution in [0.5, 0.6) is 0 Å². The monoisotopic (exact) mass is 447 g/mol. The number of halogens is 2. The van der Waals surface area contributed by atoms with Gasteiger partial charge in [0, 0.05) is 18.1 Å². The summed E-state index contributed by atoms with van der Waals surface area (Å²) in [7, 11) is 0. The Balaban J connectivity index is 0.00000264. The Morgan fingerprint density at radius 3 is 2.61 bits per heavy atom. The van der Waals surface area contributed by atoms with Crippen LogP contribution in [0.15, 0.2) is 52.1 Å². The second-order valence-corrected chi connectivity index (χ2v) is 5.37. The summed E-state index contributed by atoms with van der Waals surface area (Å²) in [6, 6.07) is 11.8. The standard InChI is InChI=1S/C17H22ClN3O.HI/c1-2-19-17(21-13-16-6-4-12-22-16)20-11-3-5-14-7-9-15(18)10-8-14;/h4,6-10,12H,2-3,5,11,13H2,1H3,(H2,19,20,21);1H. The molecule has 4 nitrogen and oxygen atoms in total. The molecule has 0 saturated heterocycles. The van der Waals surface area contributed by atoms with Gasteiger partial charge in [0.25, 0.3) is 0 Å². The van der Waals surface area contributed by atoms with Crippen LogP contribution < -0.4 is 10.6 Å². The summed E-state index contributed by atoms with van der Waals surface area (Å²) in [6.45, 7) is 4.30. The first kappa shape index (κ1) is 19.8. The fraction of sp³-hybridized carbons (Fsp3) is 0.353. The van der Waals surface area contributed by atoms with Gasteiger partial charge < -0.3 is 15.1 Å². The van der Waals surface area contributed by atoms with Crippen molar-refractivity contribution in [2.24, 2.45) is 4.99 Å². The first-order chi connectivity index (χ1) is 10.8. The predicted octanol–water partition coefficient (Wildman–Crippen LogP) is 4.24. The van der Waals surface area contributed by atoms with Crippen LogP contribution in [0, 0.1) is 0 Å². The molecular weight excluding hydrogens is 425 g/mol. The molecule has 23 heavy (non-hydrogen) atoms. The van der Waals surface area contributed by atoms with Crippen molar-refractivity contribution < 1.29 is 4.42 Å². The zero-order chi connectivity index (χ0) is 15.6. The minimum Gasteiger partial charge on any atom is -0.467 e. The van der Waals surface area contributed by atoms with Crippen LogP contribution in [-0.2, 0) is 13.0 Å². The number of aryl methyl sites for hydroxylation is 1. The van der Waals surface area contributed by atoms with Crippen molar-refractivity contribution in [2.45, 2.75) is 26.3 Å². The molecular formula is C17H23ClIN3O. The minimum atomic E-state index is 0. The van der Waals surface area contributed by atoms with E-state index < -0.39 is 0 Å². The number of hydrogen-bond acceptors (Lipinski definition) is 2. The predicted molar refractivity (Wildman–Crippen MR) is 107 cm³/mol. The molecule has 1 heterocycles. The van der Waals surface area contributed by atoms with Crippen molar-refractivity contribution >= 4 is 41.5 Å². The molecule has 0 aliphatic heterocycles. The van der Waals surface area contributed by atoms with Gasteiger partial charge in [-0.15, -0.1) is 24.0 Å². The highest BCUT2D eigenvalue weighted by Crippen LogP contribution is 2.10. The van der Waals surface area contributed by atoms with Crippen LogP contribution in [0.1, 0.15) is 24.7 Å². The van der Waals surface area contributed by atoms with E-state index in [9.17, 15) is 0 Å². The number of guanidine groups is 1. The maximum Gasteiger partial charge on any atom is 0.191 e. The van der Waals surface area contributed by atoms with Crippen molar-refractivity contribution in [2.75, 3.05) is 13.1 Å². The van der Waals surface area contributed by atoms with Gasteiger partial charge in [0.15, 0.2) is 5.96 Å². The quantitative estimate of drug-likeness (QED) is 0.289. The van der Waals surface area contributed by atoms with E-state index in [0.717, 1.165) is 42.7 Å². The lowest BCUT2D eigenvalue weighted by molar-refractivity contribution is 0.512. The summed E-state index contributed by atoms with van der Waals surface area (Å²) in [5, 5.41) is 7.35. The second-order valence-electron chi connectivity index (χ2n) is 4.93. The Bertz CT molecular complexity index is 570. The van der Waals surface area contributed by atoms with Crippen LogP contribution >= 0.6 is 35.6 Å². The van der Waals surface area contributed by atoms with Gasteiger partial charge in [-0.2, -0.15) is 0 Å². The van der Waals surface area contributed by atoms with E-state index >= 15 is 0 Å². The summed E-state index contributed by atoms with van der Waals surface area (Å²) in [5.41, 5.74) is 1.30. The molecule has 2 N–H and O–H groups in total. The number of benzene rings is 1. The maximum atomic E-state index is 5.88. The Morgan fingerprint density at radius 1 is 1.17 bits per heavy atom. The van der Waals surface area contributed by atoms with E-state index in [2.05, 4.69) is 34.7 Å². The smallest absolute Gasteiger partial charge is 0.191 e. The third-order valence-electron chi connectivity index (χ3n) is 3.17. The summed E-state index contributed by atoms with van der Waals surface area (Å²) >= 11 is 5.88. The van der Waals surface area contributed by atoms with E-state index in [-0.39, 0.29) is 24.0 Å². The van der Waals surface area contributed by atoms with E-state index in [1.54, 1.807) is 6.26 Å². The molecule has 1 aromatic heterocycles. The average Bonchev–Trinajstić information content (AvgIpc) is 3.04. The maximum absolute atomic E-state index is 5.88. The zero-order valence-electron chi connectivity index (χ0n) is 13.2. The molecule has 0 atom stereocenters. The van der Waals surface area contributed by atoms with Crippen LogP contribution in [0.3, 0.4) is 0 Å². The molecule has 0 unspecified atom stereocenters. The molecule has 0 fully saturated rings. The van der Waals surface area contributed by atoms with Gasteiger partial charge in [0.2, 0.25) is 0 Å². The van der Waals surface area contributed by atoms with E-state index in [1.165, 1.54) is 5.56 Å². The number of aliphatic imine (C=N–C) groups is 1. The van der Waals surface area contributed by atoms with Crippen molar-refractivity contribution in [3.8, 4) is 0 Å². The number of nitrogens with zero attached hydrogens (tertiary/aromatic N) is 1. The van der Waals surface area contributed by atoms with Crippen molar-refractivity contribution in [1.82, 2.24) is 10.6 Å². The van der Waals surface area contributed by atoms with Gasteiger partial charge in [-0.25, -0.2) is 4.99 Å². The molecule has 126 valence electrons. The Labute approximate surface area is 159 Å². The average molecular weight is 448 g/mol. The van der Waals surface area contributed by atoms with Crippen molar-refractivity contribution in [3.63, 3.8) is 0 Å². The fourth-order valence-electron chi connectivity index (χ4n) is 2.05. The zero-order valence-corrected chi connectivity index (χ0v) is 16.3. The van der Waals surface area contributed by atoms with Gasteiger partial charge >= 0.3 is 0 Å². The highest BCUT2D eigenvalue weighted by Gasteiger charge is 1.99. The van der Waals surface area contributed by atoms with E-state index in [4.69, 9.17) is 16.0 Å². The Kier molecular flexibility index (Phi) is 9.78. The topological polar surface area (TPSA) is 49.6 Å². The highest BCUT2D eigenvalue weighted by molar-refractivity contribution is 14.0. The number of nitrogens with one attached hydrogen (secondary N) is 2.